The number of hydrogen-bond acceptors (Lipinski definition) is 3. The molecule has 90 valence electrons. The Balaban J connectivity index is 1.95. The van der Waals surface area contributed by atoms with E-state index in [2.05, 4.69) is 22.0 Å². The van der Waals surface area contributed by atoms with Crippen LogP contribution in [0.2, 0.25) is 0 Å². The molecule has 0 saturated heterocycles. The summed E-state index contributed by atoms with van der Waals surface area (Å²) < 4.78 is 2.20. The van der Waals surface area contributed by atoms with Crippen molar-refractivity contribution in [3.63, 3.8) is 0 Å². The highest BCUT2D eigenvalue weighted by Crippen LogP contribution is 2.29. The van der Waals surface area contributed by atoms with Crippen molar-refractivity contribution in [1.29, 1.82) is 0 Å². The molecule has 3 rings (SSSR count). The first-order valence-corrected chi connectivity index (χ1v) is 8.02. The second-order valence-corrected chi connectivity index (χ2v) is 6.70. The summed E-state index contributed by atoms with van der Waals surface area (Å²) in [6.07, 6.45) is 0.471. The predicted molar refractivity (Wildman–Crippen MR) is 81.9 cm³/mol. The van der Waals surface area contributed by atoms with Gasteiger partial charge in [-0.05, 0) is 33.4 Å². The molecule has 18 heavy (non-hydrogen) atoms. The summed E-state index contributed by atoms with van der Waals surface area (Å²) in [6.45, 7) is 0. The number of benzene rings is 1. The highest BCUT2D eigenvalue weighted by molar-refractivity contribution is 9.10. The van der Waals surface area contributed by atoms with E-state index in [1.54, 1.807) is 22.7 Å². The molecule has 0 aliphatic carbocycles. The zero-order chi connectivity index (χ0) is 12.5. The van der Waals surface area contributed by atoms with Gasteiger partial charge in [-0.2, -0.15) is 0 Å². The van der Waals surface area contributed by atoms with Crippen LogP contribution in [0.5, 0.6) is 0 Å². The summed E-state index contributed by atoms with van der Waals surface area (Å²) in [5, 5.41) is 5.03. The summed E-state index contributed by atoms with van der Waals surface area (Å²) in [4.78, 5) is 13.4. The fraction of sp³-hybridized carbons (Fsp3) is 0.0714. The lowest BCUT2D eigenvalue weighted by Crippen LogP contribution is -2.01. The number of hydrogen-bond donors (Lipinski definition) is 0. The lowest BCUT2D eigenvalue weighted by molar-refractivity contribution is 0.0995. The molecule has 1 nitrogen and oxygen atoms in total. The van der Waals surface area contributed by atoms with Crippen LogP contribution >= 0.6 is 38.6 Å². The van der Waals surface area contributed by atoms with E-state index in [9.17, 15) is 4.79 Å². The van der Waals surface area contributed by atoms with Crippen molar-refractivity contribution in [3.8, 4) is 0 Å². The number of ketones is 1. The van der Waals surface area contributed by atoms with E-state index in [4.69, 9.17) is 0 Å². The SMILES string of the molecule is O=C(Cc1sccc1Br)c1csc2ccccc12. The maximum absolute atomic E-state index is 12.3. The molecule has 2 heterocycles. The molecule has 0 radical (unpaired) electrons. The first-order valence-electron chi connectivity index (χ1n) is 5.47. The highest BCUT2D eigenvalue weighted by atomic mass is 79.9. The fourth-order valence-electron chi connectivity index (χ4n) is 1.89. The quantitative estimate of drug-likeness (QED) is 0.604. The largest absolute Gasteiger partial charge is 0.294 e. The van der Waals surface area contributed by atoms with E-state index in [0.29, 0.717) is 6.42 Å². The van der Waals surface area contributed by atoms with Crippen molar-refractivity contribution in [2.75, 3.05) is 0 Å². The smallest absolute Gasteiger partial charge is 0.169 e. The number of Topliss-reactive ketones (excluding diaryl/α,β-unsaturated/α-hetero) is 1. The number of carbonyl (C=O) groups is 1. The average molecular weight is 337 g/mol. The third-order valence-electron chi connectivity index (χ3n) is 2.79. The standard InChI is InChI=1S/C14H9BrOS2/c15-11-5-6-17-14(11)7-12(16)10-8-18-13-4-2-1-3-9(10)13/h1-6,8H,7H2. The number of thiophene rings is 2. The number of rotatable bonds is 3. The molecule has 0 saturated carbocycles. The number of halogens is 1. The van der Waals surface area contributed by atoms with E-state index >= 15 is 0 Å². The minimum Gasteiger partial charge on any atom is -0.294 e. The van der Waals surface area contributed by atoms with E-state index in [1.807, 2.05) is 35.0 Å². The van der Waals surface area contributed by atoms with Crippen molar-refractivity contribution in [1.82, 2.24) is 0 Å². The molecule has 0 aliphatic rings. The van der Waals surface area contributed by atoms with Crippen molar-refractivity contribution in [2.45, 2.75) is 6.42 Å². The van der Waals surface area contributed by atoms with Gasteiger partial charge in [-0.1, -0.05) is 18.2 Å². The third kappa shape index (κ3) is 2.16. The van der Waals surface area contributed by atoms with Crippen LogP contribution in [-0.2, 0) is 6.42 Å². The van der Waals surface area contributed by atoms with E-state index in [0.717, 1.165) is 20.3 Å². The minimum absolute atomic E-state index is 0.190. The molecular weight excluding hydrogens is 328 g/mol. The number of fused-ring (bicyclic) bond motifs is 1. The maximum Gasteiger partial charge on any atom is 0.169 e. The Morgan fingerprint density at radius 1 is 1.17 bits per heavy atom. The van der Waals surface area contributed by atoms with Gasteiger partial charge in [0.15, 0.2) is 5.78 Å². The van der Waals surface area contributed by atoms with Gasteiger partial charge in [0.1, 0.15) is 0 Å². The van der Waals surface area contributed by atoms with Crippen LogP contribution in [0.25, 0.3) is 10.1 Å². The van der Waals surface area contributed by atoms with E-state index in [-0.39, 0.29) is 5.78 Å². The van der Waals surface area contributed by atoms with Gasteiger partial charge in [-0.3, -0.25) is 4.79 Å². The first-order chi connectivity index (χ1) is 8.75. The molecule has 0 bridgehead atoms. The lowest BCUT2D eigenvalue weighted by atomic mass is 10.1. The first kappa shape index (κ1) is 12.1. The van der Waals surface area contributed by atoms with Crippen molar-refractivity contribution < 1.29 is 4.79 Å². The Morgan fingerprint density at radius 2 is 2.00 bits per heavy atom. The van der Waals surface area contributed by atoms with Crippen molar-refractivity contribution in [2.24, 2.45) is 0 Å². The van der Waals surface area contributed by atoms with Gasteiger partial charge in [0, 0.05) is 36.8 Å². The molecule has 0 fully saturated rings. The van der Waals surface area contributed by atoms with E-state index in [1.165, 1.54) is 4.70 Å². The number of carbonyl (C=O) groups excluding carboxylic acids is 1. The third-order valence-corrected chi connectivity index (χ3v) is 5.68. The van der Waals surface area contributed by atoms with Crippen molar-refractivity contribution in [3.05, 3.63) is 56.0 Å². The zero-order valence-corrected chi connectivity index (χ0v) is 12.6. The highest BCUT2D eigenvalue weighted by Gasteiger charge is 2.14. The topological polar surface area (TPSA) is 17.1 Å². The van der Waals surface area contributed by atoms with Crippen LogP contribution in [0.4, 0.5) is 0 Å². The summed E-state index contributed by atoms with van der Waals surface area (Å²) in [5.74, 6) is 0.190. The van der Waals surface area contributed by atoms with Crippen LogP contribution in [0, 0.1) is 0 Å². The summed E-state index contributed by atoms with van der Waals surface area (Å²) in [5.41, 5.74) is 0.843. The Hall–Kier alpha value is -0.970. The molecular formula is C14H9BrOS2. The Kier molecular flexibility index (Phi) is 3.33. The van der Waals surface area contributed by atoms with E-state index < -0.39 is 0 Å². The molecule has 1 aromatic carbocycles. The zero-order valence-electron chi connectivity index (χ0n) is 9.35. The normalized spacial score (nSPS) is 10.9. The molecule has 0 atom stereocenters. The molecule has 3 aromatic rings. The predicted octanol–water partition coefficient (Wildman–Crippen LogP) is 5.15. The monoisotopic (exact) mass is 336 g/mol. The van der Waals surface area contributed by atoms with Crippen molar-refractivity contribution >= 4 is 54.5 Å². The Labute approximate surface area is 121 Å². The Morgan fingerprint density at radius 3 is 2.78 bits per heavy atom. The molecule has 0 spiro atoms. The molecule has 0 amide bonds. The van der Waals surface area contributed by atoms with Crippen LogP contribution in [0.3, 0.4) is 0 Å². The van der Waals surface area contributed by atoms with Crippen LogP contribution in [0.15, 0.2) is 45.6 Å². The molecule has 4 heteroatoms. The summed E-state index contributed by atoms with van der Waals surface area (Å²) in [6, 6.07) is 10.0. The van der Waals surface area contributed by atoms with Crippen LogP contribution in [-0.4, -0.2) is 5.78 Å². The van der Waals surface area contributed by atoms with Gasteiger partial charge < -0.3 is 0 Å². The lowest BCUT2D eigenvalue weighted by Gasteiger charge is -1.98. The van der Waals surface area contributed by atoms with Gasteiger partial charge in [-0.15, -0.1) is 22.7 Å². The summed E-state index contributed by atoms with van der Waals surface area (Å²) in [7, 11) is 0. The van der Waals surface area contributed by atoms with Gasteiger partial charge in [0.25, 0.3) is 0 Å². The van der Waals surface area contributed by atoms with Gasteiger partial charge >= 0.3 is 0 Å². The van der Waals surface area contributed by atoms with Gasteiger partial charge in [0.2, 0.25) is 0 Å². The molecule has 0 unspecified atom stereocenters. The van der Waals surface area contributed by atoms with Crippen LogP contribution in [0.1, 0.15) is 15.2 Å². The Bertz CT molecular complexity index is 711. The second-order valence-electron chi connectivity index (χ2n) is 3.94. The summed E-state index contributed by atoms with van der Waals surface area (Å²) >= 11 is 6.71. The fourth-order valence-corrected chi connectivity index (χ4v) is 4.34. The second kappa shape index (κ2) is 4.96. The van der Waals surface area contributed by atoms with Gasteiger partial charge in [0.05, 0.1) is 0 Å². The molecule has 0 N–H and O–H groups in total. The van der Waals surface area contributed by atoms with Crippen LogP contribution < -0.4 is 0 Å². The van der Waals surface area contributed by atoms with Gasteiger partial charge in [-0.25, -0.2) is 0 Å². The molecule has 0 aliphatic heterocycles. The average Bonchev–Trinajstić information content (AvgIpc) is 2.96. The molecule has 2 aromatic heterocycles. The maximum atomic E-state index is 12.3. The minimum atomic E-state index is 0.190.